The van der Waals surface area contributed by atoms with Crippen molar-refractivity contribution in [1.29, 1.82) is 0 Å². The van der Waals surface area contributed by atoms with Crippen molar-refractivity contribution < 1.29 is 0 Å². The maximum Gasteiger partial charge on any atom is 0.0541 e. The average molecular weight is 205 g/mol. The van der Waals surface area contributed by atoms with Crippen LogP contribution in [0.15, 0.2) is 17.5 Å². The molecule has 2 nitrogen and oxygen atoms in total. The molecule has 2 heterocycles. The number of piperazine rings is 1. The van der Waals surface area contributed by atoms with Crippen LogP contribution in [0.5, 0.6) is 0 Å². The number of thiophene rings is 1. The first-order valence-electron chi connectivity index (χ1n) is 3.94. The molecule has 1 fully saturated rings. The van der Waals surface area contributed by atoms with E-state index in [1.807, 2.05) is 11.3 Å². The molecular formula is C8H13ClN2S. The second-order valence-electron chi connectivity index (χ2n) is 2.73. The zero-order valence-electron chi connectivity index (χ0n) is 6.75. The molecule has 0 radical (unpaired) electrons. The Morgan fingerprint density at radius 2 is 2.33 bits per heavy atom. The number of hydrogen-bond acceptors (Lipinski definition) is 3. The minimum absolute atomic E-state index is 0. The van der Waals surface area contributed by atoms with Crippen LogP contribution in [0.4, 0.5) is 0 Å². The van der Waals surface area contributed by atoms with Gasteiger partial charge in [-0.2, -0.15) is 0 Å². The minimum atomic E-state index is 0. The van der Waals surface area contributed by atoms with Crippen molar-refractivity contribution in [3.63, 3.8) is 0 Å². The van der Waals surface area contributed by atoms with Gasteiger partial charge in [0.1, 0.15) is 0 Å². The van der Waals surface area contributed by atoms with Gasteiger partial charge in [0.05, 0.1) is 6.04 Å². The zero-order chi connectivity index (χ0) is 7.52. The zero-order valence-corrected chi connectivity index (χ0v) is 8.38. The van der Waals surface area contributed by atoms with E-state index in [9.17, 15) is 0 Å². The predicted molar refractivity (Wildman–Crippen MR) is 55.2 cm³/mol. The maximum absolute atomic E-state index is 3.47. The summed E-state index contributed by atoms with van der Waals surface area (Å²) in [5.74, 6) is 0. The molecular weight excluding hydrogens is 192 g/mol. The summed E-state index contributed by atoms with van der Waals surface area (Å²) in [4.78, 5) is 1.44. The van der Waals surface area contributed by atoms with E-state index >= 15 is 0 Å². The van der Waals surface area contributed by atoms with E-state index in [0.717, 1.165) is 19.6 Å². The fraction of sp³-hybridized carbons (Fsp3) is 0.500. The highest BCUT2D eigenvalue weighted by Gasteiger charge is 2.13. The molecule has 2 rings (SSSR count). The third-order valence-corrected chi connectivity index (χ3v) is 2.91. The number of hydrogen-bond donors (Lipinski definition) is 2. The van der Waals surface area contributed by atoms with E-state index in [1.165, 1.54) is 4.88 Å². The SMILES string of the molecule is Cl.c1csc([C@H]2CNCCN2)c1. The highest BCUT2D eigenvalue weighted by atomic mass is 35.5. The normalized spacial score (nSPS) is 23.2. The lowest BCUT2D eigenvalue weighted by molar-refractivity contribution is 0.435. The van der Waals surface area contributed by atoms with Gasteiger partial charge in [-0.25, -0.2) is 0 Å². The molecule has 0 aromatic carbocycles. The molecule has 1 aromatic heterocycles. The summed E-state index contributed by atoms with van der Waals surface area (Å²) in [5.41, 5.74) is 0. The van der Waals surface area contributed by atoms with Crippen LogP contribution < -0.4 is 10.6 Å². The third-order valence-electron chi connectivity index (χ3n) is 1.93. The minimum Gasteiger partial charge on any atom is -0.314 e. The van der Waals surface area contributed by atoms with E-state index < -0.39 is 0 Å². The Morgan fingerprint density at radius 3 is 2.92 bits per heavy atom. The van der Waals surface area contributed by atoms with Crippen molar-refractivity contribution in [2.45, 2.75) is 6.04 Å². The highest BCUT2D eigenvalue weighted by Crippen LogP contribution is 2.18. The molecule has 2 N–H and O–H groups in total. The van der Waals surface area contributed by atoms with Gasteiger partial charge < -0.3 is 10.6 Å². The first-order valence-corrected chi connectivity index (χ1v) is 4.82. The van der Waals surface area contributed by atoms with Crippen molar-refractivity contribution >= 4 is 23.7 Å². The molecule has 0 amide bonds. The van der Waals surface area contributed by atoms with Gasteiger partial charge in [-0.3, -0.25) is 0 Å². The van der Waals surface area contributed by atoms with Crippen LogP contribution in [0.25, 0.3) is 0 Å². The van der Waals surface area contributed by atoms with E-state index in [1.54, 1.807) is 0 Å². The molecule has 1 saturated heterocycles. The first kappa shape index (κ1) is 9.99. The van der Waals surface area contributed by atoms with Crippen molar-refractivity contribution in [2.24, 2.45) is 0 Å². The van der Waals surface area contributed by atoms with Crippen LogP contribution in [0, 0.1) is 0 Å². The molecule has 0 bridgehead atoms. The molecule has 1 aliphatic rings. The van der Waals surface area contributed by atoms with Crippen molar-refractivity contribution in [2.75, 3.05) is 19.6 Å². The van der Waals surface area contributed by atoms with Crippen molar-refractivity contribution in [3.05, 3.63) is 22.4 Å². The van der Waals surface area contributed by atoms with Gasteiger partial charge in [0.2, 0.25) is 0 Å². The van der Waals surface area contributed by atoms with Gasteiger partial charge >= 0.3 is 0 Å². The predicted octanol–water partition coefficient (Wildman–Crippen LogP) is 1.40. The maximum atomic E-state index is 3.47. The summed E-state index contributed by atoms with van der Waals surface area (Å²) in [6.45, 7) is 3.25. The summed E-state index contributed by atoms with van der Waals surface area (Å²) in [6, 6.07) is 4.84. The van der Waals surface area contributed by atoms with Gasteiger partial charge in [0.25, 0.3) is 0 Å². The Balaban J connectivity index is 0.000000720. The Kier molecular flexibility index (Phi) is 4.01. The molecule has 12 heavy (non-hydrogen) atoms. The van der Waals surface area contributed by atoms with Crippen molar-refractivity contribution in [1.82, 2.24) is 10.6 Å². The fourth-order valence-corrected chi connectivity index (χ4v) is 2.15. The molecule has 0 spiro atoms. The molecule has 0 saturated carbocycles. The lowest BCUT2D eigenvalue weighted by Crippen LogP contribution is -2.42. The third kappa shape index (κ3) is 2.20. The quantitative estimate of drug-likeness (QED) is 0.723. The number of nitrogens with one attached hydrogen (secondary N) is 2. The standard InChI is InChI=1S/C8H12N2S.ClH/c1-2-8(11-5-1)7-6-9-3-4-10-7;/h1-2,5,7,9-10H,3-4,6H2;1H/t7-;/m1./s1. The van der Waals surface area contributed by atoms with Crippen LogP contribution in [-0.4, -0.2) is 19.6 Å². The molecule has 1 aliphatic heterocycles. The number of halogens is 1. The van der Waals surface area contributed by atoms with Gasteiger partial charge in [-0.05, 0) is 11.4 Å². The van der Waals surface area contributed by atoms with Crippen molar-refractivity contribution in [3.8, 4) is 0 Å². The fourth-order valence-electron chi connectivity index (χ4n) is 1.34. The van der Waals surface area contributed by atoms with Crippen LogP contribution >= 0.6 is 23.7 Å². The summed E-state index contributed by atoms with van der Waals surface area (Å²) in [5, 5.41) is 8.97. The Labute approximate surface area is 82.8 Å². The van der Waals surface area contributed by atoms with Gasteiger partial charge in [0.15, 0.2) is 0 Å². The summed E-state index contributed by atoms with van der Waals surface area (Å²) < 4.78 is 0. The molecule has 1 aromatic rings. The highest BCUT2D eigenvalue weighted by molar-refractivity contribution is 7.10. The Bertz CT molecular complexity index is 207. The van der Waals surface area contributed by atoms with Crippen LogP contribution in [0.2, 0.25) is 0 Å². The first-order chi connectivity index (χ1) is 5.47. The van der Waals surface area contributed by atoms with E-state index in [2.05, 4.69) is 28.1 Å². The molecule has 0 unspecified atom stereocenters. The van der Waals surface area contributed by atoms with Crippen LogP contribution in [0.1, 0.15) is 10.9 Å². The van der Waals surface area contributed by atoms with E-state index in [-0.39, 0.29) is 12.4 Å². The lowest BCUT2D eigenvalue weighted by atomic mass is 10.2. The van der Waals surface area contributed by atoms with E-state index in [4.69, 9.17) is 0 Å². The van der Waals surface area contributed by atoms with Crippen LogP contribution in [0.3, 0.4) is 0 Å². The summed E-state index contributed by atoms with van der Waals surface area (Å²) in [6.07, 6.45) is 0. The topological polar surface area (TPSA) is 24.1 Å². The molecule has 68 valence electrons. The van der Waals surface area contributed by atoms with Gasteiger partial charge in [-0.1, -0.05) is 6.07 Å². The average Bonchev–Trinajstić information content (AvgIpc) is 2.58. The molecule has 1 atom stereocenters. The smallest absolute Gasteiger partial charge is 0.0541 e. The van der Waals surface area contributed by atoms with Gasteiger partial charge in [0, 0.05) is 24.5 Å². The second-order valence-corrected chi connectivity index (χ2v) is 3.71. The summed E-state index contributed by atoms with van der Waals surface area (Å²) in [7, 11) is 0. The molecule has 4 heteroatoms. The Morgan fingerprint density at radius 1 is 1.42 bits per heavy atom. The van der Waals surface area contributed by atoms with E-state index in [0.29, 0.717) is 6.04 Å². The largest absolute Gasteiger partial charge is 0.314 e. The van der Waals surface area contributed by atoms with Gasteiger partial charge in [-0.15, -0.1) is 23.7 Å². The second kappa shape index (κ2) is 4.82. The summed E-state index contributed by atoms with van der Waals surface area (Å²) >= 11 is 1.83. The monoisotopic (exact) mass is 204 g/mol. The Hall–Kier alpha value is -0.0900. The lowest BCUT2D eigenvalue weighted by Gasteiger charge is -2.23. The van der Waals surface area contributed by atoms with Crippen LogP contribution in [-0.2, 0) is 0 Å². The number of rotatable bonds is 1. The molecule has 0 aliphatic carbocycles.